The van der Waals surface area contributed by atoms with Crippen LogP contribution in [0, 0.1) is 0 Å². The van der Waals surface area contributed by atoms with Crippen LogP contribution in [0.5, 0.6) is 17.2 Å². The van der Waals surface area contributed by atoms with Crippen molar-refractivity contribution in [3.63, 3.8) is 0 Å². The topological polar surface area (TPSA) is 103 Å². The molecule has 0 saturated carbocycles. The van der Waals surface area contributed by atoms with Crippen molar-refractivity contribution < 1.29 is 24.1 Å². The van der Waals surface area contributed by atoms with Gasteiger partial charge in [-0.1, -0.05) is 0 Å². The summed E-state index contributed by atoms with van der Waals surface area (Å²) >= 11 is 0. The summed E-state index contributed by atoms with van der Waals surface area (Å²) in [6, 6.07) is 2.97. The monoisotopic (exact) mass is 298 g/mol. The number of phenolic OH excluding ortho intramolecular Hbond substituents is 1. The van der Waals surface area contributed by atoms with Gasteiger partial charge in [-0.3, -0.25) is 5.32 Å². The maximum atomic E-state index is 11.8. The van der Waals surface area contributed by atoms with E-state index in [0.29, 0.717) is 18.9 Å². The van der Waals surface area contributed by atoms with Gasteiger partial charge in [-0.05, 0) is 20.8 Å². The molecular formula is C14H22N2O5. The number of ether oxygens (including phenoxy) is 3. The molecule has 0 aromatic heterocycles. The average Bonchev–Trinajstić information content (AvgIpc) is 2.37. The van der Waals surface area contributed by atoms with Gasteiger partial charge in [-0.2, -0.15) is 0 Å². The second-order valence-electron chi connectivity index (χ2n) is 5.29. The third-order valence-electron chi connectivity index (χ3n) is 2.29. The number of carbonyl (C=O) groups excluding carboxylic acids is 1. The number of carbonyl (C=O) groups is 1. The van der Waals surface area contributed by atoms with Crippen molar-refractivity contribution in [2.24, 2.45) is 5.73 Å². The van der Waals surface area contributed by atoms with Crippen molar-refractivity contribution in [3.8, 4) is 17.2 Å². The first-order valence-electron chi connectivity index (χ1n) is 6.50. The Balaban J connectivity index is 2.96. The lowest BCUT2D eigenvalue weighted by Crippen LogP contribution is -2.27. The number of phenols is 1. The molecule has 21 heavy (non-hydrogen) atoms. The normalized spacial score (nSPS) is 10.9. The van der Waals surface area contributed by atoms with Gasteiger partial charge in [0.05, 0.1) is 12.8 Å². The first-order chi connectivity index (χ1) is 9.76. The molecule has 0 radical (unpaired) electrons. The highest BCUT2D eigenvalue weighted by Gasteiger charge is 2.19. The fraction of sp³-hybridized carbons (Fsp3) is 0.500. The highest BCUT2D eigenvalue weighted by molar-refractivity contribution is 5.88. The number of amides is 1. The minimum absolute atomic E-state index is 0.135. The van der Waals surface area contributed by atoms with Gasteiger partial charge >= 0.3 is 6.09 Å². The SMILES string of the molecule is COc1cc(OCCN)cc(NC(=O)OC(C)(C)C)c1O. The van der Waals surface area contributed by atoms with E-state index in [1.54, 1.807) is 20.8 Å². The molecule has 0 unspecified atom stereocenters. The van der Waals surface area contributed by atoms with Crippen molar-refractivity contribution in [1.29, 1.82) is 0 Å². The standard InChI is InChI=1S/C14H22N2O5/c1-14(2,3)21-13(18)16-10-7-9(20-6-5-15)8-11(19-4)12(10)17/h7-8,17H,5-6,15H2,1-4H3,(H,16,18). The van der Waals surface area contributed by atoms with Crippen LogP contribution in [0.3, 0.4) is 0 Å². The molecule has 0 fully saturated rings. The quantitative estimate of drug-likeness (QED) is 0.719. The molecule has 0 spiro atoms. The van der Waals surface area contributed by atoms with E-state index in [1.807, 2.05) is 0 Å². The Hall–Kier alpha value is -2.15. The zero-order valence-corrected chi connectivity index (χ0v) is 12.7. The number of aromatic hydroxyl groups is 1. The molecule has 0 aliphatic carbocycles. The van der Waals surface area contributed by atoms with Gasteiger partial charge in [0.1, 0.15) is 18.0 Å². The van der Waals surface area contributed by atoms with Crippen LogP contribution in [0.15, 0.2) is 12.1 Å². The van der Waals surface area contributed by atoms with E-state index in [-0.39, 0.29) is 17.2 Å². The van der Waals surface area contributed by atoms with E-state index in [9.17, 15) is 9.90 Å². The van der Waals surface area contributed by atoms with Crippen LogP contribution in [0.4, 0.5) is 10.5 Å². The van der Waals surface area contributed by atoms with Crippen molar-refractivity contribution in [3.05, 3.63) is 12.1 Å². The number of nitrogens with one attached hydrogen (secondary N) is 1. The third-order valence-corrected chi connectivity index (χ3v) is 2.29. The van der Waals surface area contributed by atoms with Gasteiger partial charge in [0.15, 0.2) is 11.5 Å². The number of nitrogens with two attached hydrogens (primary N) is 1. The second kappa shape index (κ2) is 7.03. The molecule has 4 N–H and O–H groups in total. The lowest BCUT2D eigenvalue weighted by molar-refractivity contribution is 0.0635. The number of hydrogen-bond donors (Lipinski definition) is 3. The minimum Gasteiger partial charge on any atom is -0.503 e. The molecule has 0 bridgehead atoms. The predicted octanol–water partition coefficient (Wildman–Crippen LogP) is 2.09. The van der Waals surface area contributed by atoms with E-state index in [2.05, 4.69) is 5.32 Å². The zero-order valence-electron chi connectivity index (χ0n) is 12.7. The Morgan fingerprint density at radius 3 is 2.57 bits per heavy atom. The Kier molecular flexibility index (Phi) is 5.66. The summed E-state index contributed by atoms with van der Waals surface area (Å²) in [5.74, 6) is 0.389. The Morgan fingerprint density at radius 2 is 2.05 bits per heavy atom. The van der Waals surface area contributed by atoms with Gasteiger partial charge in [0.2, 0.25) is 0 Å². The third kappa shape index (κ3) is 5.39. The molecule has 118 valence electrons. The van der Waals surface area contributed by atoms with Crippen LogP contribution in [-0.4, -0.2) is 37.1 Å². The molecule has 0 saturated heterocycles. The second-order valence-corrected chi connectivity index (χ2v) is 5.29. The van der Waals surface area contributed by atoms with E-state index < -0.39 is 11.7 Å². The smallest absolute Gasteiger partial charge is 0.412 e. The molecule has 0 aliphatic heterocycles. The number of anilines is 1. The van der Waals surface area contributed by atoms with E-state index in [4.69, 9.17) is 19.9 Å². The van der Waals surface area contributed by atoms with Crippen molar-refractivity contribution >= 4 is 11.8 Å². The van der Waals surface area contributed by atoms with Crippen LogP contribution >= 0.6 is 0 Å². The Labute approximate surface area is 124 Å². The van der Waals surface area contributed by atoms with Crippen LogP contribution in [0.25, 0.3) is 0 Å². The zero-order chi connectivity index (χ0) is 16.0. The minimum atomic E-state index is -0.684. The van der Waals surface area contributed by atoms with Crippen LogP contribution < -0.4 is 20.5 Å². The van der Waals surface area contributed by atoms with Crippen LogP contribution in [-0.2, 0) is 4.74 Å². The lowest BCUT2D eigenvalue weighted by Gasteiger charge is -2.20. The van der Waals surface area contributed by atoms with Crippen LogP contribution in [0.2, 0.25) is 0 Å². The summed E-state index contributed by atoms with van der Waals surface area (Å²) in [5.41, 5.74) is 4.86. The maximum absolute atomic E-state index is 11.8. The highest BCUT2D eigenvalue weighted by atomic mass is 16.6. The lowest BCUT2D eigenvalue weighted by atomic mass is 10.2. The molecule has 1 aromatic rings. The van der Waals surface area contributed by atoms with Crippen molar-refractivity contribution in [1.82, 2.24) is 0 Å². The number of hydrogen-bond acceptors (Lipinski definition) is 6. The predicted molar refractivity (Wildman–Crippen MR) is 79.1 cm³/mol. The Morgan fingerprint density at radius 1 is 1.38 bits per heavy atom. The number of methoxy groups -OCH3 is 1. The number of rotatable bonds is 5. The fourth-order valence-electron chi connectivity index (χ4n) is 1.51. The van der Waals surface area contributed by atoms with Gasteiger partial charge < -0.3 is 25.1 Å². The van der Waals surface area contributed by atoms with Gasteiger partial charge in [0, 0.05) is 18.7 Å². The molecule has 7 nitrogen and oxygen atoms in total. The van der Waals surface area contributed by atoms with E-state index in [1.165, 1.54) is 19.2 Å². The molecule has 0 aliphatic rings. The molecule has 1 amide bonds. The molecule has 0 atom stereocenters. The fourth-order valence-corrected chi connectivity index (χ4v) is 1.51. The number of benzene rings is 1. The van der Waals surface area contributed by atoms with Crippen molar-refractivity contribution in [2.75, 3.05) is 25.6 Å². The van der Waals surface area contributed by atoms with Gasteiger partial charge in [-0.25, -0.2) is 4.79 Å². The van der Waals surface area contributed by atoms with Gasteiger partial charge in [0.25, 0.3) is 0 Å². The first kappa shape index (κ1) is 16.9. The van der Waals surface area contributed by atoms with Gasteiger partial charge in [-0.15, -0.1) is 0 Å². The first-order valence-corrected chi connectivity index (χ1v) is 6.50. The Bertz CT molecular complexity index is 497. The molecule has 0 heterocycles. The molecule has 7 heteroatoms. The van der Waals surface area contributed by atoms with E-state index >= 15 is 0 Å². The largest absolute Gasteiger partial charge is 0.503 e. The molecule has 1 rings (SSSR count). The summed E-state index contributed by atoms with van der Waals surface area (Å²) < 4.78 is 15.5. The summed E-state index contributed by atoms with van der Waals surface area (Å²) in [5, 5.41) is 12.5. The van der Waals surface area contributed by atoms with Crippen LogP contribution in [0.1, 0.15) is 20.8 Å². The summed E-state index contributed by atoms with van der Waals surface area (Å²) in [7, 11) is 1.40. The van der Waals surface area contributed by atoms with E-state index in [0.717, 1.165) is 0 Å². The average molecular weight is 298 g/mol. The summed E-state index contributed by atoms with van der Waals surface area (Å²) in [6.07, 6.45) is -0.684. The summed E-state index contributed by atoms with van der Waals surface area (Å²) in [4.78, 5) is 11.8. The highest BCUT2D eigenvalue weighted by Crippen LogP contribution is 2.38. The van der Waals surface area contributed by atoms with Crippen molar-refractivity contribution in [2.45, 2.75) is 26.4 Å². The molecule has 1 aromatic carbocycles. The molecular weight excluding hydrogens is 276 g/mol. The maximum Gasteiger partial charge on any atom is 0.412 e. The summed E-state index contributed by atoms with van der Waals surface area (Å²) in [6.45, 7) is 5.88.